The molecule has 1 saturated carbocycles. The molecular weight excluding hydrogens is 226 g/mol. The Kier molecular flexibility index (Phi) is 2.98. The van der Waals surface area contributed by atoms with Crippen molar-refractivity contribution in [3.05, 3.63) is 29.8 Å². The maximum atomic E-state index is 11.3. The van der Waals surface area contributed by atoms with Gasteiger partial charge in [-0.1, -0.05) is 24.6 Å². The van der Waals surface area contributed by atoms with Gasteiger partial charge in [-0.05, 0) is 36.8 Å². The van der Waals surface area contributed by atoms with E-state index in [0.29, 0.717) is 0 Å². The van der Waals surface area contributed by atoms with Crippen molar-refractivity contribution in [1.82, 2.24) is 0 Å². The van der Waals surface area contributed by atoms with E-state index in [0.717, 1.165) is 36.7 Å². The van der Waals surface area contributed by atoms with Crippen molar-refractivity contribution >= 4 is 11.7 Å². The van der Waals surface area contributed by atoms with Crippen LogP contribution in [0.1, 0.15) is 37.2 Å². The first-order chi connectivity index (χ1) is 8.75. The van der Waals surface area contributed by atoms with E-state index in [-0.39, 0.29) is 5.92 Å². The number of hydrogen-bond donors (Lipinski definition) is 1. The van der Waals surface area contributed by atoms with Gasteiger partial charge >= 0.3 is 5.97 Å². The first-order valence-electron chi connectivity index (χ1n) is 6.82. The summed E-state index contributed by atoms with van der Waals surface area (Å²) in [6.45, 7) is 1.98. The Bertz CT molecular complexity index is 454. The molecule has 1 N–H and O–H groups in total. The maximum Gasteiger partial charge on any atom is 0.311 e. The zero-order valence-corrected chi connectivity index (χ0v) is 10.5. The molecule has 0 bridgehead atoms. The molecule has 0 saturated heterocycles. The Morgan fingerprint density at radius 2 is 2.06 bits per heavy atom. The van der Waals surface area contributed by atoms with E-state index in [4.69, 9.17) is 0 Å². The van der Waals surface area contributed by atoms with E-state index in [1.165, 1.54) is 19.3 Å². The zero-order valence-electron chi connectivity index (χ0n) is 10.5. The molecular formula is C15H19NO2. The molecule has 0 spiro atoms. The lowest BCUT2D eigenvalue weighted by molar-refractivity contribution is -0.139. The lowest BCUT2D eigenvalue weighted by Gasteiger charge is -2.38. The lowest BCUT2D eigenvalue weighted by Crippen LogP contribution is -2.38. The van der Waals surface area contributed by atoms with Crippen molar-refractivity contribution < 1.29 is 9.90 Å². The normalized spacial score (nSPS) is 23.3. The standard InChI is InChI=1S/C15H19NO2/c17-15(18)13-8-9-16(10-11-4-3-5-11)14-7-2-1-6-12(13)14/h1-2,6-7,11,13H,3-5,8-10H2,(H,17,18). The summed E-state index contributed by atoms with van der Waals surface area (Å²) < 4.78 is 0. The number of carboxylic acids is 1. The maximum absolute atomic E-state index is 11.3. The molecule has 18 heavy (non-hydrogen) atoms. The molecule has 1 heterocycles. The summed E-state index contributed by atoms with van der Waals surface area (Å²) >= 11 is 0. The minimum Gasteiger partial charge on any atom is -0.481 e. The molecule has 3 rings (SSSR count). The summed E-state index contributed by atoms with van der Waals surface area (Å²) in [6.07, 6.45) is 4.76. The van der Waals surface area contributed by atoms with Crippen LogP contribution < -0.4 is 4.90 Å². The summed E-state index contributed by atoms with van der Waals surface area (Å²) in [4.78, 5) is 13.7. The third-order valence-corrected chi connectivity index (χ3v) is 4.34. The molecule has 1 aromatic rings. The molecule has 1 fully saturated rings. The lowest BCUT2D eigenvalue weighted by atomic mass is 9.83. The van der Waals surface area contributed by atoms with Gasteiger partial charge in [-0.3, -0.25) is 4.79 Å². The van der Waals surface area contributed by atoms with Crippen LogP contribution in [-0.2, 0) is 4.79 Å². The van der Waals surface area contributed by atoms with Gasteiger partial charge in [0.2, 0.25) is 0 Å². The second-order valence-electron chi connectivity index (χ2n) is 5.48. The third kappa shape index (κ3) is 1.98. The quantitative estimate of drug-likeness (QED) is 0.890. The van der Waals surface area contributed by atoms with Crippen LogP contribution in [0.2, 0.25) is 0 Å². The minimum atomic E-state index is -0.689. The van der Waals surface area contributed by atoms with Gasteiger partial charge in [0.05, 0.1) is 5.92 Å². The van der Waals surface area contributed by atoms with Gasteiger partial charge in [-0.2, -0.15) is 0 Å². The number of carboxylic acid groups (broad SMARTS) is 1. The van der Waals surface area contributed by atoms with Gasteiger partial charge in [0.15, 0.2) is 0 Å². The second kappa shape index (κ2) is 4.63. The third-order valence-electron chi connectivity index (χ3n) is 4.34. The van der Waals surface area contributed by atoms with Crippen LogP contribution in [0.25, 0.3) is 0 Å². The van der Waals surface area contributed by atoms with Gasteiger partial charge < -0.3 is 10.0 Å². The van der Waals surface area contributed by atoms with Gasteiger partial charge in [0.25, 0.3) is 0 Å². The van der Waals surface area contributed by atoms with Crippen molar-refractivity contribution in [2.75, 3.05) is 18.0 Å². The Labute approximate surface area is 107 Å². The number of carbonyl (C=O) groups is 1. The molecule has 3 nitrogen and oxygen atoms in total. The van der Waals surface area contributed by atoms with Gasteiger partial charge in [-0.25, -0.2) is 0 Å². The van der Waals surface area contributed by atoms with Crippen LogP contribution in [0.3, 0.4) is 0 Å². The molecule has 1 aliphatic heterocycles. The largest absolute Gasteiger partial charge is 0.481 e. The molecule has 1 unspecified atom stereocenters. The molecule has 1 aliphatic carbocycles. The van der Waals surface area contributed by atoms with Crippen LogP contribution in [0, 0.1) is 5.92 Å². The highest BCUT2D eigenvalue weighted by molar-refractivity contribution is 5.80. The van der Waals surface area contributed by atoms with Crippen molar-refractivity contribution in [1.29, 1.82) is 0 Å². The van der Waals surface area contributed by atoms with Gasteiger partial charge in [0.1, 0.15) is 0 Å². The average molecular weight is 245 g/mol. The number of para-hydroxylation sites is 1. The molecule has 0 aromatic heterocycles. The Morgan fingerprint density at radius 1 is 1.28 bits per heavy atom. The van der Waals surface area contributed by atoms with Crippen molar-refractivity contribution in [2.45, 2.75) is 31.6 Å². The highest BCUT2D eigenvalue weighted by atomic mass is 16.4. The van der Waals surface area contributed by atoms with E-state index in [1.54, 1.807) is 0 Å². The molecule has 0 radical (unpaired) electrons. The van der Waals surface area contributed by atoms with Gasteiger partial charge in [-0.15, -0.1) is 0 Å². The first-order valence-corrected chi connectivity index (χ1v) is 6.82. The molecule has 3 heteroatoms. The number of aliphatic carboxylic acids is 1. The SMILES string of the molecule is O=C(O)C1CCN(CC2CCC2)c2ccccc21. The highest BCUT2D eigenvalue weighted by Gasteiger charge is 2.31. The fraction of sp³-hybridized carbons (Fsp3) is 0.533. The Morgan fingerprint density at radius 3 is 2.72 bits per heavy atom. The second-order valence-corrected chi connectivity index (χ2v) is 5.48. The fourth-order valence-electron chi connectivity index (χ4n) is 3.06. The summed E-state index contributed by atoms with van der Waals surface area (Å²) in [5.74, 6) is -0.191. The summed E-state index contributed by atoms with van der Waals surface area (Å²) in [7, 11) is 0. The minimum absolute atomic E-state index is 0.321. The van der Waals surface area contributed by atoms with Crippen LogP contribution in [0.4, 0.5) is 5.69 Å². The van der Waals surface area contributed by atoms with E-state index in [2.05, 4.69) is 11.0 Å². The van der Waals surface area contributed by atoms with E-state index in [1.807, 2.05) is 18.2 Å². The number of fused-ring (bicyclic) bond motifs is 1. The zero-order chi connectivity index (χ0) is 12.5. The Hall–Kier alpha value is -1.51. The van der Waals surface area contributed by atoms with Crippen LogP contribution >= 0.6 is 0 Å². The van der Waals surface area contributed by atoms with Gasteiger partial charge in [0, 0.05) is 18.8 Å². The number of hydrogen-bond acceptors (Lipinski definition) is 2. The molecule has 0 amide bonds. The Balaban J connectivity index is 1.86. The smallest absolute Gasteiger partial charge is 0.311 e. The predicted molar refractivity (Wildman–Crippen MR) is 71.0 cm³/mol. The molecule has 96 valence electrons. The number of nitrogens with zero attached hydrogens (tertiary/aromatic N) is 1. The monoisotopic (exact) mass is 245 g/mol. The van der Waals surface area contributed by atoms with Crippen LogP contribution in [-0.4, -0.2) is 24.2 Å². The summed E-state index contributed by atoms with van der Waals surface area (Å²) in [5, 5.41) is 9.29. The van der Waals surface area contributed by atoms with Crippen LogP contribution in [0.5, 0.6) is 0 Å². The van der Waals surface area contributed by atoms with E-state index < -0.39 is 5.97 Å². The van der Waals surface area contributed by atoms with E-state index >= 15 is 0 Å². The summed E-state index contributed by atoms with van der Waals surface area (Å²) in [5.41, 5.74) is 2.14. The number of benzene rings is 1. The fourth-order valence-corrected chi connectivity index (χ4v) is 3.06. The number of rotatable bonds is 3. The molecule has 1 atom stereocenters. The topological polar surface area (TPSA) is 40.5 Å². The van der Waals surface area contributed by atoms with Crippen molar-refractivity contribution in [3.63, 3.8) is 0 Å². The van der Waals surface area contributed by atoms with Crippen molar-refractivity contribution in [3.8, 4) is 0 Å². The highest BCUT2D eigenvalue weighted by Crippen LogP contribution is 2.37. The summed E-state index contributed by atoms with van der Waals surface area (Å²) in [6, 6.07) is 8.00. The van der Waals surface area contributed by atoms with Crippen molar-refractivity contribution in [2.24, 2.45) is 5.92 Å². The molecule has 1 aromatic carbocycles. The van der Waals surface area contributed by atoms with E-state index in [9.17, 15) is 9.90 Å². The first kappa shape index (κ1) is 11.6. The predicted octanol–water partition coefficient (Wildman–Crippen LogP) is 2.87. The van der Waals surface area contributed by atoms with Crippen LogP contribution in [0.15, 0.2) is 24.3 Å². The number of anilines is 1. The molecule has 2 aliphatic rings. The average Bonchev–Trinajstić information content (AvgIpc) is 2.33.